The number of aryl methyl sites for hydroxylation is 4. The molecule has 0 fully saturated rings. The molecular weight excluding hydrogens is 495 g/mol. The molecule has 0 aromatic carbocycles. The summed E-state index contributed by atoms with van der Waals surface area (Å²) in [4.78, 5) is 6.50. The number of guanidine groups is 1. The molecule has 0 bridgehead atoms. The van der Waals surface area contributed by atoms with Crippen molar-refractivity contribution in [1.82, 2.24) is 24.6 Å². The molecule has 2 aromatic heterocycles. The zero-order chi connectivity index (χ0) is 17.7. The summed E-state index contributed by atoms with van der Waals surface area (Å²) < 4.78 is 5.28. The Hall–Kier alpha value is -1.03. The van der Waals surface area contributed by atoms with Crippen LogP contribution in [0.3, 0.4) is 0 Å². The van der Waals surface area contributed by atoms with Gasteiger partial charge in [-0.1, -0.05) is 0 Å². The lowest BCUT2D eigenvalue weighted by Crippen LogP contribution is -2.39. The van der Waals surface area contributed by atoms with E-state index in [0.29, 0.717) is 0 Å². The Labute approximate surface area is 175 Å². The van der Waals surface area contributed by atoms with Gasteiger partial charge in [-0.3, -0.25) is 9.67 Å². The molecule has 2 aromatic rings. The molecule has 0 spiro atoms. The summed E-state index contributed by atoms with van der Waals surface area (Å²) in [7, 11) is 5.93. The Balaban J connectivity index is 0.00000312. The van der Waals surface area contributed by atoms with Crippen molar-refractivity contribution in [3.05, 3.63) is 39.9 Å². The van der Waals surface area contributed by atoms with Gasteiger partial charge in [-0.2, -0.15) is 5.10 Å². The number of nitrogens with zero attached hydrogens (tertiary/aromatic N) is 5. The van der Waals surface area contributed by atoms with E-state index >= 15 is 0 Å². The van der Waals surface area contributed by atoms with Crippen molar-refractivity contribution in [3.8, 4) is 0 Å². The summed E-state index contributed by atoms with van der Waals surface area (Å²) in [6, 6.07) is 4.24. The van der Waals surface area contributed by atoms with E-state index in [9.17, 15) is 0 Å². The minimum atomic E-state index is 0. The third-order valence-electron chi connectivity index (χ3n) is 3.98. The molecule has 0 aliphatic carbocycles. The first kappa shape index (κ1) is 22.0. The fourth-order valence-electron chi connectivity index (χ4n) is 2.76. The average Bonchev–Trinajstić information content (AvgIpc) is 3.00. The largest absolute Gasteiger partial charge is 0.356 e. The number of aromatic nitrogens is 3. The maximum Gasteiger partial charge on any atom is 0.193 e. The van der Waals surface area contributed by atoms with Gasteiger partial charge in [0.05, 0.1) is 12.2 Å². The van der Waals surface area contributed by atoms with Crippen LogP contribution in [-0.2, 0) is 20.1 Å². The predicted octanol–water partition coefficient (Wildman–Crippen LogP) is 3.32. The van der Waals surface area contributed by atoms with E-state index in [1.165, 1.54) is 11.4 Å². The minimum Gasteiger partial charge on any atom is -0.356 e. The van der Waals surface area contributed by atoms with Crippen LogP contribution in [-0.4, -0.2) is 45.8 Å². The van der Waals surface area contributed by atoms with Gasteiger partial charge in [0.25, 0.3) is 0 Å². The highest BCUT2D eigenvalue weighted by atomic mass is 127. The van der Waals surface area contributed by atoms with Crippen LogP contribution in [0, 0.1) is 13.8 Å². The molecule has 140 valence electrons. The average molecular weight is 523 g/mol. The number of nitrogens with one attached hydrogen (secondary N) is 1. The van der Waals surface area contributed by atoms with Crippen LogP contribution in [0.4, 0.5) is 0 Å². The first-order valence-electron chi connectivity index (χ1n) is 8.14. The summed E-state index contributed by atoms with van der Waals surface area (Å²) in [5, 5.41) is 7.92. The van der Waals surface area contributed by atoms with Gasteiger partial charge in [-0.15, -0.1) is 24.0 Å². The van der Waals surface area contributed by atoms with Gasteiger partial charge in [0, 0.05) is 56.3 Å². The molecule has 0 saturated heterocycles. The molecular formula is C17H28BrIN6. The highest BCUT2D eigenvalue weighted by Gasteiger charge is 2.09. The zero-order valence-electron chi connectivity index (χ0n) is 15.6. The number of hydrogen-bond acceptors (Lipinski definition) is 2. The van der Waals surface area contributed by atoms with Crippen LogP contribution in [0.15, 0.2) is 27.8 Å². The van der Waals surface area contributed by atoms with Crippen molar-refractivity contribution >= 4 is 45.9 Å². The highest BCUT2D eigenvalue weighted by molar-refractivity contribution is 14.0. The summed E-state index contributed by atoms with van der Waals surface area (Å²) >= 11 is 3.51. The van der Waals surface area contributed by atoms with Crippen molar-refractivity contribution < 1.29 is 0 Å². The second kappa shape index (κ2) is 10.2. The summed E-state index contributed by atoms with van der Waals surface area (Å²) in [5.41, 5.74) is 3.52. The number of rotatable bonds is 6. The maximum absolute atomic E-state index is 4.49. The molecule has 0 atom stereocenters. The molecule has 0 unspecified atom stereocenters. The molecule has 25 heavy (non-hydrogen) atoms. The first-order chi connectivity index (χ1) is 11.4. The lowest BCUT2D eigenvalue weighted by Gasteiger charge is -2.22. The summed E-state index contributed by atoms with van der Waals surface area (Å²) in [6.07, 6.45) is 3.07. The van der Waals surface area contributed by atoms with Gasteiger partial charge in [0.1, 0.15) is 0 Å². The van der Waals surface area contributed by atoms with Gasteiger partial charge >= 0.3 is 0 Å². The topological polar surface area (TPSA) is 50.4 Å². The Bertz CT molecular complexity index is 706. The fourth-order valence-corrected chi connectivity index (χ4v) is 3.33. The fraction of sp³-hybridized carbons (Fsp3) is 0.529. The summed E-state index contributed by atoms with van der Waals surface area (Å²) in [6.45, 7) is 6.71. The molecule has 0 saturated carbocycles. The lowest BCUT2D eigenvalue weighted by molar-refractivity contribution is 0.457. The van der Waals surface area contributed by atoms with Crippen LogP contribution in [0.25, 0.3) is 0 Å². The molecule has 0 aliphatic rings. The Morgan fingerprint density at radius 1 is 1.36 bits per heavy atom. The summed E-state index contributed by atoms with van der Waals surface area (Å²) in [5.74, 6) is 0.903. The predicted molar refractivity (Wildman–Crippen MR) is 118 cm³/mol. The van der Waals surface area contributed by atoms with Crippen LogP contribution >= 0.6 is 39.9 Å². The van der Waals surface area contributed by atoms with Crippen molar-refractivity contribution in [2.45, 2.75) is 33.4 Å². The Kier molecular flexibility index (Phi) is 8.98. The SMILES string of the molecule is CN=C(NCCCn1nc(C)cc1C)N(C)Cc1cc(Br)cn1C.I. The second-order valence-corrected chi connectivity index (χ2v) is 7.01. The number of aliphatic imine (C=N–C) groups is 1. The van der Waals surface area contributed by atoms with Crippen molar-refractivity contribution in [3.63, 3.8) is 0 Å². The molecule has 0 amide bonds. The maximum atomic E-state index is 4.49. The molecule has 2 rings (SSSR count). The Morgan fingerprint density at radius 2 is 2.08 bits per heavy atom. The highest BCUT2D eigenvalue weighted by Crippen LogP contribution is 2.14. The van der Waals surface area contributed by atoms with E-state index in [2.05, 4.69) is 84.8 Å². The first-order valence-corrected chi connectivity index (χ1v) is 8.93. The molecule has 6 nitrogen and oxygen atoms in total. The lowest BCUT2D eigenvalue weighted by atomic mass is 10.3. The van der Waals surface area contributed by atoms with E-state index in [1.807, 2.05) is 14.0 Å². The van der Waals surface area contributed by atoms with Crippen molar-refractivity contribution in [2.75, 3.05) is 20.6 Å². The quantitative estimate of drug-likeness (QED) is 0.274. The molecule has 1 N–H and O–H groups in total. The van der Waals surface area contributed by atoms with E-state index in [1.54, 1.807) is 0 Å². The molecule has 0 aliphatic heterocycles. The van der Waals surface area contributed by atoms with Gasteiger partial charge in [0.2, 0.25) is 0 Å². The standard InChI is InChI=1S/C17H27BrN6.HI/c1-13-9-14(2)24(21-13)8-6-7-20-17(19-3)23(5)12-16-10-15(18)11-22(16)4;/h9-11H,6-8,12H2,1-5H3,(H,19,20);1H. The van der Waals surface area contributed by atoms with E-state index in [0.717, 1.165) is 42.2 Å². The van der Waals surface area contributed by atoms with Gasteiger partial charge in [-0.25, -0.2) is 0 Å². The van der Waals surface area contributed by atoms with Crippen LogP contribution in [0.2, 0.25) is 0 Å². The van der Waals surface area contributed by atoms with Crippen LogP contribution < -0.4 is 5.32 Å². The van der Waals surface area contributed by atoms with Gasteiger partial charge < -0.3 is 14.8 Å². The zero-order valence-corrected chi connectivity index (χ0v) is 19.5. The Morgan fingerprint density at radius 3 is 2.60 bits per heavy atom. The van der Waals surface area contributed by atoms with Crippen LogP contribution in [0.1, 0.15) is 23.5 Å². The smallest absolute Gasteiger partial charge is 0.193 e. The third kappa shape index (κ3) is 6.32. The normalized spacial score (nSPS) is 11.4. The van der Waals surface area contributed by atoms with Crippen LogP contribution in [0.5, 0.6) is 0 Å². The second-order valence-electron chi connectivity index (χ2n) is 6.09. The van der Waals surface area contributed by atoms with Gasteiger partial charge in [0.15, 0.2) is 5.96 Å². The molecule has 0 radical (unpaired) electrons. The molecule has 2 heterocycles. The van der Waals surface area contributed by atoms with E-state index < -0.39 is 0 Å². The van der Waals surface area contributed by atoms with E-state index in [-0.39, 0.29) is 24.0 Å². The molecule has 8 heteroatoms. The number of hydrogen-bond donors (Lipinski definition) is 1. The monoisotopic (exact) mass is 522 g/mol. The van der Waals surface area contributed by atoms with E-state index in [4.69, 9.17) is 0 Å². The third-order valence-corrected chi connectivity index (χ3v) is 4.41. The van der Waals surface area contributed by atoms with Gasteiger partial charge in [-0.05, 0) is 48.3 Å². The minimum absolute atomic E-state index is 0. The van der Waals surface area contributed by atoms with Crippen molar-refractivity contribution in [1.29, 1.82) is 0 Å². The number of halogens is 2. The van der Waals surface area contributed by atoms with Crippen molar-refractivity contribution in [2.24, 2.45) is 12.0 Å².